The summed E-state index contributed by atoms with van der Waals surface area (Å²) in [6, 6.07) is 4.49. The van der Waals surface area contributed by atoms with E-state index in [0.717, 1.165) is 5.56 Å². The third-order valence-electron chi connectivity index (χ3n) is 1.83. The number of benzene rings is 1. The smallest absolute Gasteiger partial charge is 0.170 e. The summed E-state index contributed by atoms with van der Waals surface area (Å²) in [5.74, 6) is -0.726. The van der Waals surface area contributed by atoms with E-state index in [-0.39, 0.29) is 17.8 Å². The number of hydrogen-bond acceptors (Lipinski definition) is 2. The molecule has 0 saturated heterocycles. The monoisotopic (exact) mass is 210 g/mol. The Hall–Kier alpha value is -1.09. The van der Waals surface area contributed by atoms with Crippen molar-refractivity contribution < 1.29 is 9.18 Å². The number of halogens is 1. The summed E-state index contributed by atoms with van der Waals surface area (Å²) in [5.41, 5.74) is 1.01. The minimum Gasteiger partial charge on any atom is -0.294 e. The molecule has 0 spiro atoms. The van der Waals surface area contributed by atoms with Crippen molar-refractivity contribution in [2.24, 2.45) is 0 Å². The van der Waals surface area contributed by atoms with Crippen LogP contribution >= 0.6 is 12.2 Å². The Bertz CT molecular complexity index is 385. The molecule has 1 aromatic carbocycles. The predicted molar refractivity (Wildman–Crippen MR) is 58.4 cm³/mol. The Morgan fingerprint density at radius 2 is 2.14 bits per heavy atom. The lowest BCUT2D eigenvalue weighted by Gasteiger charge is -2.02. The molecule has 1 rings (SSSR count). The predicted octanol–water partition coefficient (Wildman–Crippen LogP) is 3.10. The maximum Gasteiger partial charge on any atom is 0.170 e. The van der Waals surface area contributed by atoms with Crippen LogP contribution in [0.2, 0.25) is 0 Å². The fourth-order valence-electron chi connectivity index (χ4n) is 1.17. The summed E-state index contributed by atoms with van der Waals surface area (Å²) < 4.78 is 13.2. The molecule has 0 radical (unpaired) electrons. The molecule has 0 aliphatic rings. The van der Waals surface area contributed by atoms with E-state index in [0.29, 0.717) is 4.86 Å². The van der Waals surface area contributed by atoms with Crippen LogP contribution in [0.15, 0.2) is 18.2 Å². The molecule has 0 aliphatic heterocycles. The van der Waals surface area contributed by atoms with Gasteiger partial charge in [0.15, 0.2) is 5.78 Å². The summed E-state index contributed by atoms with van der Waals surface area (Å²) in [5, 5.41) is 0. The number of Topliss-reactive ketones (excluding diaryl/α,β-unsaturated/α-hetero) is 1. The van der Waals surface area contributed by atoms with E-state index >= 15 is 0 Å². The number of thiocarbonyl (C=S) groups is 1. The Labute approximate surface area is 87.9 Å². The van der Waals surface area contributed by atoms with Gasteiger partial charge in [0.25, 0.3) is 0 Å². The van der Waals surface area contributed by atoms with Crippen LogP contribution in [0.1, 0.15) is 29.3 Å². The number of carbonyl (C=O) groups is 1. The maximum absolute atomic E-state index is 13.2. The summed E-state index contributed by atoms with van der Waals surface area (Å²) >= 11 is 4.80. The third kappa shape index (κ3) is 2.70. The average Bonchev–Trinajstić information content (AvgIpc) is 2.08. The fraction of sp³-hybridized carbons (Fsp3) is 0.273. The van der Waals surface area contributed by atoms with Gasteiger partial charge in [-0.15, -0.1) is 0 Å². The Morgan fingerprint density at radius 3 is 2.71 bits per heavy atom. The van der Waals surface area contributed by atoms with Crippen molar-refractivity contribution in [1.29, 1.82) is 0 Å². The zero-order chi connectivity index (χ0) is 10.7. The van der Waals surface area contributed by atoms with Gasteiger partial charge in [0.2, 0.25) is 0 Å². The van der Waals surface area contributed by atoms with Gasteiger partial charge in [-0.3, -0.25) is 4.79 Å². The summed E-state index contributed by atoms with van der Waals surface area (Å²) in [6.45, 7) is 3.50. The minimum absolute atomic E-state index is 0.134. The molecule has 0 heterocycles. The second-order valence-electron chi connectivity index (χ2n) is 3.29. The highest BCUT2D eigenvalue weighted by molar-refractivity contribution is 7.80. The van der Waals surface area contributed by atoms with Gasteiger partial charge in [0, 0.05) is 6.42 Å². The summed E-state index contributed by atoms with van der Waals surface area (Å²) in [4.78, 5) is 12.1. The van der Waals surface area contributed by atoms with Crippen LogP contribution in [0.3, 0.4) is 0 Å². The molecule has 0 atom stereocenters. The van der Waals surface area contributed by atoms with Gasteiger partial charge < -0.3 is 0 Å². The van der Waals surface area contributed by atoms with Gasteiger partial charge in [-0.05, 0) is 30.8 Å². The van der Waals surface area contributed by atoms with E-state index in [1.165, 1.54) is 6.07 Å². The molecule has 3 heteroatoms. The van der Waals surface area contributed by atoms with Crippen LogP contribution in [0, 0.1) is 12.7 Å². The topological polar surface area (TPSA) is 17.1 Å². The number of carbonyl (C=O) groups excluding carboxylic acids is 1. The van der Waals surface area contributed by atoms with Crippen LogP contribution in [0.25, 0.3) is 0 Å². The van der Waals surface area contributed by atoms with Gasteiger partial charge in [-0.1, -0.05) is 23.8 Å². The van der Waals surface area contributed by atoms with Crippen LogP contribution in [-0.2, 0) is 0 Å². The highest BCUT2D eigenvalue weighted by Gasteiger charge is 2.11. The van der Waals surface area contributed by atoms with E-state index < -0.39 is 5.82 Å². The standard InChI is InChI=1S/C11H11FOS/c1-7-3-4-10(12)9(5-7)11(13)6-8(2)14/h3-5H,6H2,1-2H3. The van der Waals surface area contributed by atoms with Crippen LogP contribution in [0.5, 0.6) is 0 Å². The molecular weight excluding hydrogens is 199 g/mol. The summed E-state index contributed by atoms with van der Waals surface area (Å²) in [7, 11) is 0. The molecular formula is C11H11FOS. The molecule has 14 heavy (non-hydrogen) atoms. The number of hydrogen-bond donors (Lipinski definition) is 0. The highest BCUT2D eigenvalue weighted by atomic mass is 32.1. The maximum atomic E-state index is 13.2. The van der Waals surface area contributed by atoms with E-state index in [9.17, 15) is 9.18 Å². The number of rotatable bonds is 3. The molecule has 74 valence electrons. The minimum atomic E-state index is -0.475. The van der Waals surface area contributed by atoms with E-state index in [4.69, 9.17) is 12.2 Å². The van der Waals surface area contributed by atoms with Crippen molar-refractivity contribution in [1.82, 2.24) is 0 Å². The molecule has 0 unspecified atom stereocenters. The Balaban J connectivity index is 3.00. The van der Waals surface area contributed by atoms with Crippen LogP contribution in [-0.4, -0.2) is 10.6 Å². The second-order valence-corrected chi connectivity index (χ2v) is 3.98. The first-order valence-electron chi connectivity index (χ1n) is 4.29. The second kappa shape index (κ2) is 4.42. The highest BCUT2D eigenvalue weighted by Crippen LogP contribution is 2.12. The van der Waals surface area contributed by atoms with Crippen molar-refractivity contribution in [2.45, 2.75) is 20.3 Å². The molecule has 0 aliphatic carbocycles. The first kappa shape index (κ1) is 11.0. The van der Waals surface area contributed by atoms with Crippen molar-refractivity contribution in [3.63, 3.8) is 0 Å². The first-order chi connectivity index (χ1) is 6.50. The number of ketones is 1. The molecule has 0 bridgehead atoms. The van der Waals surface area contributed by atoms with Crippen LogP contribution in [0.4, 0.5) is 4.39 Å². The molecule has 0 fully saturated rings. The van der Waals surface area contributed by atoms with Gasteiger partial charge in [0.1, 0.15) is 5.82 Å². The van der Waals surface area contributed by atoms with Crippen LogP contribution < -0.4 is 0 Å². The summed E-state index contributed by atoms with van der Waals surface area (Å²) in [6.07, 6.45) is 0.135. The zero-order valence-electron chi connectivity index (χ0n) is 8.13. The Morgan fingerprint density at radius 1 is 1.50 bits per heavy atom. The van der Waals surface area contributed by atoms with Gasteiger partial charge in [-0.25, -0.2) is 4.39 Å². The molecule has 1 aromatic rings. The lowest BCUT2D eigenvalue weighted by molar-refractivity contribution is 0.0997. The molecule has 0 N–H and O–H groups in total. The molecule has 0 saturated carbocycles. The zero-order valence-corrected chi connectivity index (χ0v) is 8.95. The van der Waals surface area contributed by atoms with Gasteiger partial charge in [-0.2, -0.15) is 0 Å². The van der Waals surface area contributed by atoms with E-state index in [2.05, 4.69) is 0 Å². The molecule has 0 aromatic heterocycles. The van der Waals surface area contributed by atoms with E-state index in [1.807, 2.05) is 6.92 Å². The third-order valence-corrected chi connectivity index (χ3v) is 1.98. The molecule has 1 nitrogen and oxygen atoms in total. The van der Waals surface area contributed by atoms with Crippen molar-refractivity contribution in [3.05, 3.63) is 35.1 Å². The normalized spacial score (nSPS) is 9.93. The van der Waals surface area contributed by atoms with E-state index in [1.54, 1.807) is 19.1 Å². The fourth-order valence-corrected chi connectivity index (χ4v) is 1.31. The quantitative estimate of drug-likeness (QED) is 0.563. The van der Waals surface area contributed by atoms with Crippen molar-refractivity contribution in [3.8, 4) is 0 Å². The number of aryl methyl sites for hydroxylation is 1. The average molecular weight is 210 g/mol. The van der Waals surface area contributed by atoms with Gasteiger partial charge >= 0.3 is 0 Å². The lowest BCUT2D eigenvalue weighted by atomic mass is 10.0. The lowest BCUT2D eigenvalue weighted by Crippen LogP contribution is -2.06. The Kier molecular flexibility index (Phi) is 3.47. The first-order valence-corrected chi connectivity index (χ1v) is 4.70. The molecule has 0 amide bonds. The largest absolute Gasteiger partial charge is 0.294 e. The van der Waals surface area contributed by atoms with Crippen molar-refractivity contribution in [2.75, 3.05) is 0 Å². The van der Waals surface area contributed by atoms with Crippen molar-refractivity contribution >= 4 is 22.9 Å². The van der Waals surface area contributed by atoms with Gasteiger partial charge in [0.05, 0.1) is 5.56 Å². The SMILES string of the molecule is CC(=S)CC(=O)c1cc(C)ccc1F.